The van der Waals surface area contributed by atoms with Crippen molar-refractivity contribution in [2.75, 3.05) is 13.1 Å². The van der Waals surface area contributed by atoms with E-state index in [2.05, 4.69) is 18.7 Å². The lowest BCUT2D eigenvalue weighted by Crippen LogP contribution is -2.39. The van der Waals surface area contributed by atoms with Crippen LogP contribution < -0.4 is 0 Å². The highest BCUT2D eigenvalue weighted by Gasteiger charge is 2.23. The molecule has 0 aliphatic carbocycles. The van der Waals surface area contributed by atoms with Crippen LogP contribution in [0.15, 0.2) is 0 Å². The Labute approximate surface area is 94.7 Å². The van der Waals surface area contributed by atoms with Crippen LogP contribution in [0.3, 0.4) is 0 Å². The molecule has 90 valence electrons. The van der Waals surface area contributed by atoms with Crippen LogP contribution in [-0.2, 0) is 0 Å². The summed E-state index contributed by atoms with van der Waals surface area (Å²) in [6.07, 6.45) is 6.22. The molecular weight excluding hydrogens is 186 g/mol. The first-order valence-electron chi connectivity index (χ1n) is 6.53. The quantitative estimate of drug-likeness (QED) is 0.776. The maximum atomic E-state index is 9.35. The Kier molecular flexibility index (Phi) is 5.62. The van der Waals surface area contributed by atoms with Crippen molar-refractivity contribution in [3.8, 4) is 0 Å². The Hall–Kier alpha value is -0.0800. The minimum Gasteiger partial charge on any atom is -0.393 e. The number of hydrogen-bond donors (Lipinski definition) is 1. The van der Waals surface area contributed by atoms with E-state index < -0.39 is 0 Å². The van der Waals surface area contributed by atoms with Gasteiger partial charge < -0.3 is 10.0 Å². The van der Waals surface area contributed by atoms with Crippen molar-refractivity contribution in [1.29, 1.82) is 0 Å². The van der Waals surface area contributed by atoms with Crippen molar-refractivity contribution in [1.82, 2.24) is 4.90 Å². The van der Waals surface area contributed by atoms with Gasteiger partial charge in [0, 0.05) is 12.6 Å². The van der Waals surface area contributed by atoms with Gasteiger partial charge in [-0.3, -0.25) is 0 Å². The maximum absolute atomic E-state index is 9.35. The minimum absolute atomic E-state index is 0.152. The van der Waals surface area contributed by atoms with Crippen molar-refractivity contribution in [3.05, 3.63) is 0 Å². The Bertz CT molecular complexity index is 168. The molecule has 0 aromatic rings. The standard InChI is InChI=1S/C13H27NO/c1-11(2)13-7-5-4-6-9-14(13)10-8-12(3)15/h11-13,15H,4-10H2,1-3H3. The number of aliphatic hydroxyl groups is 1. The SMILES string of the molecule is CC(O)CCN1CCCCCC1C(C)C. The highest BCUT2D eigenvalue weighted by molar-refractivity contribution is 4.78. The normalized spacial score (nSPS) is 26.6. The van der Waals surface area contributed by atoms with Crippen LogP contribution in [0.5, 0.6) is 0 Å². The predicted octanol–water partition coefficient (Wildman–Crippen LogP) is 2.66. The fraction of sp³-hybridized carbons (Fsp3) is 1.00. The summed E-state index contributed by atoms with van der Waals surface area (Å²) in [6.45, 7) is 8.84. The molecule has 2 unspecified atom stereocenters. The number of rotatable bonds is 4. The Balaban J connectivity index is 2.46. The first-order valence-corrected chi connectivity index (χ1v) is 6.53. The lowest BCUT2D eigenvalue weighted by Gasteiger charge is -2.33. The van der Waals surface area contributed by atoms with Gasteiger partial charge in [0.1, 0.15) is 0 Å². The molecular formula is C13H27NO. The van der Waals surface area contributed by atoms with E-state index in [-0.39, 0.29) is 6.10 Å². The molecule has 0 aromatic heterocycles. The lowest BCUT2D eigenvalue weighted by atomic mass is 9.98. The third-order valence-electron chi connectivity index (χ3n) is 3.52. The zero-order valence-corrected chi connectivity index (χ0v) is 10.6. The first kappa shape index (κ1) is 13.0. The average molecular weight is 213 g/mol. The minimum atomic E-state index is -0.152. The fourth-order valence-electron chi connectivity index (χ4n) is 2.58. The van der Waals surface area contributed by atoms with Gasteiger partial charge in [-0.15, -0.1) is 0 Å². The van der Waals surface area contributed by atoms with E-state index in [1.54, 1.807) is 0 Å². The van der Waals surface area contributed by atoms with Crippen LogP contribution >= 0.6 is 0 Å². The van der Waals surface area contributed by atoms with Crippen LogP contribution in [0.4, 0.5) is 0 Å². The second-order valence-corrected chi connectivity index (χ2v) is 5.33. The second kappa shape index (κ2) is 6.49. The third-order valence-corrected chi connectivity index (χ3v) is 3.52. The maximum Gasteiger partial charge on any atom is 0.0524 e. The molecule has 0 spiro atoms. The molecule has 1 heterocycles. The second-order valence-electron chi connectivity index (χ2n) is 5.33. The lowest BCUT2D eigenvalue weighted by molar-refractivity contribution is 0.116. The van der Waals surface area contributed by atoms with Crippen LogP contribution in [0.2, 0.25) is 0 Å². The van der Waals surface area contributed by atoms with E-state index in [1.165, 1.54) is 32.2 Å². The summed E-state index contributed by atoms with van der Waals surface area (Å²) in [5.41, 5.74) is 0. The number of aliphatic hydroxyl groups excluding tert-OH is 1. The molecule has 1 aliphatic rings. The van der Waals surface area contributed by atoms with Crippen molar-refractivity contribution in [2.24, 2.45) is 5.92 Å². The van der Waals surface area contributed by atoms with E-state index in [0.717, 1.165) is 24.9 Å². The molecule has 1 N–H and O–H groups in total. The number of hydrogen-bond acceptors (Lipinski definition) is 2. The van der Waals surface area contributed by atoms with Crippen molar-refractivity contribution < 1.29 is 5.11 Å². The molecule has 1 aliphatic heterocycles. The van der Waals surface area contributed by atoms with Gasteiger partial charge in [0.05, 0.1) is 6.10 Å². The Morgan fingerprint density at radius 3 is 2.53 bits per heavy atom. The number of nitrogens with zero attached hydrogens (tertiary/aromatic N) is 1. The summed E-state index contributed by atoms with van der Waals surface area (Å²) in [5.74, 6) is 0.747. The highest BCUT2D eigenvalue weighted by Crippen LogP contribution is 2.22. The molecule has 2 heteroatoms. The predicted molar refractivity (Wildman–Crippen MR) is 65.0 cm³/mol. The van der Waals surface area contributed by atoms with E-state index in [4.69, 9.17) is 0 Å². The molecule has 1 fully saturated rings. The first-order chi connectivity index (χ1) is 7.11. The van der Waals surface area contributed by atoms with Gasteiger partial charge in [-0.2, -0.15) is 0 Å². The van der Waals surface area contributed by atoms with Crippen LogP contribution in [-0.4, -0.2) is 35.2 Å². The van der Waals surface area contributed by atoms with Gasteiger partial charge >= 0.3 is 0 Å². The fourth-order valence-corrected chi connectivity index (χ4v) is 2.58. The van der Waals surface area contributed by atoms with Crippen LogP contribution in [0.25, 0.3) is 0 Å². The molecule has 0 aromatic carbocycles. The smallest absolute Gasteiger partial charge is 0.0524 e. The molecule has 0 radical (unpaired) electrons. The summed E-state index contributed by atoms with van der Waals surface area (Å²) >= 11 is 0. The average Bonchev–Trinajstić information content (AvgIpc) is 2.39. The molecule has 0 bridgehead atoms. The van der Waals surface area contributed by atoms with Crippen molar-refractivity contribution >= 4 is 0 Å². The molecule has 2 atom stereocenters. The van der Waals surface area contributed by atoms with Crippen molar-refractivity contribution in [3.63, 3.8) is 0 Å². The van der Waals surface area contributed by atoms with Crippen molar-refractivity contribution in [2.45, 2.75) is 65.0 Å². The summed E-state index contributed by atoms with van der Waals surface area (Å²) < 4.78 is 0. The van der Waals surface area contributed by atoms with Gasteiger partial charge in [0.15, 0.2) is 0 Å². The van der Waals surface area contributed by atoms with Gasteiger partial charge in [0.25, 0.3) is 0 Å². The summed E-state index contributed by atoms with van der Waals surface area (Å²) in [7, 11) is 0. The zero-order valence-electron chi connectivity index (χ0n) is 10.6. The highest BCUT2D eigenvalue weighted by atomic mass is 16.3. The van der Waals surface area contributed by atoms with E-state index in [0.29, 0.717) is 0 Å². The molecule has 15 heavy (non-hydrogen) atoms. The van der Waals surface area contributed by atoms with E-state index in [9.17, 15) is 5.11 Å². The van der Waals surface area contributed by atoms with Gasteiger partial charge in [-0.1, -0.05) is 26.7 Å². The van der Waals surface area contributed by atoms with Crippen LogP contribution in [0.1, 0.15) is 52.9 Å². The molecule has 2 nitrogen and oxygen atoms in total. The molecule has 1 rings (SSSR count). The molecule has 0 amide bonds. The van der Waals surface area contributed by atoms with E-state index >= 15 is 0 Å². The molecule has 0 saturated carbocycles. The summed E-state index contributed by atoms with van der Waals surface area (Å²) in [5, 5.41) is 9.35. The topological polar surface area (TPSA) is 23.5 Å². The largest absolute Gasteiger partial charge is 0.393 e. The molecule has 1 saturated heterocycles. The number of likely N-dealkylation sites (tertiary alicyclic amines) is 1. The van der Waals surface area contributed by atoms with Gasteiger partial charge in [-0.25, -0.2) is 0 Å². The van der Waals surface area contributed by atoms with Gasteiger partial charge in [-0.05, 0) is 38.6 Å². The zero-order chi connectivity index (χ0) is 11.3. The third kappa shape index (κ3) is 4.52. The monoisotopic (exact) mass is 213 g/mol. The van der Waals surface area contributed by atoms with Gasteiger partial charge in [0.2, 0.25) is 0 Å². The Morgan fingerprint density at radius 2 is 1.93 bits per heavy atom. The summed E-state index contributed by atoms with van der Waals surface area (Å²) in [6, 6.07) is 0.742. The summed E-state index contributed by atoms with van der Waals surface area (Å²) in [4.78, 5) is 2.60. The van der Waals surface area contributed by atoms with E-state index in [1.807, 2.05) is 6.92 Å². The van der Waals surface area contributed by atoms with Crippen LogP contribution in [0, 0.1) is 5.92 Å². The Morgan fingerprint density at radius 1 is 1.20 bits per heavy atom.